The number of aryl methyl sites for hydroxylation is 1. The second kappa shape index (κ2) is 9.93. The molecule has 4 aromatic rings. The van der Waals surface area contributed by atoms with Crippen LogP contribution in [0.25, 0.3) is 10.9 Å². The van der Waals surface area contributed by atoms with Gasteiger partial charge in [-0.25, -0.2) is 4.79 Å². The minimum absolute atomic E-state index is 0.258. The van der Waals surface area contributed by atoms with Gasteiger partial charge in [-0.3, -0.25) is 9.88 Å². The average Bonchev–Trinajstić information content (AvgIpc) is 2.85. The van der Waals surface area contributed by atoms with Crippen molar-refractivity contribution in [3.8, 4) is 23.0 Å². The first-order valence-electron chi connectivity index (χ1n) is 11.2. The van der Waals surface area contributed by atoms with E-state index < -0.39 is 6.09 Å². The Labute approximate surface area is 204 Å². The molecule has 0 radical (unpaired) electrons. The van der Waals surface area contributed by atoms with Crippen molar-refractivity contribution in [3.63, 3.8) is 0 Å². The van der Waals surface area contributed by atoms with Crippen molar-refractivity contribution >= 4 is 22.7 Å². The molecule has 0 aliphatic rings. The van der Waals surface area contributed by atoms with Gasteiger partial charge in [-0.15, -0.1) is 0 Å². The van der Waals surface area contributed by atoms with Crippen LogP contribution in [-0.4, -0.2) is 30.4 Å². The summed E-state index contributed by atoms with van der Waals surface area (Å²) in [6.07, 6.45) is 0.664. The Kier molecular flexibility index (Phi) is 6.78. The van der Waals surface area contributed by atoms with E-state index in [1.54, 1.807) is 44.7 Å². The van der Waals surface area contributed by atoms with E-state index in [2.05, 4.69) is 4.98 Å². The molecular formula is C28H28N2O5. The third-order valence-corrected chi connectivity index (χ3v) is 6.08. The van der Waals surface area contributed by atoms with Crippen molar-refractivity contribution in [2.75, 3.05) is 19.1 Å². The Morgan fingerprint density at radius 3 is 2.31 bits per heavy atom. The maximum absolute atomic E-state index is 12.2. The van der Waals surface area contributed by atoms with Crippen LogP contribution in [0.1, 0.15) is 22.3 Å². The second-order valence-corrected chi connectivity index (χ2v) is 8.33. The summed E-state index contributed by atoms with van der Waals surface area (Å²) in [5.74, 6) is 2.41. The van der Waals surface area contributed by atoms with Gasteiger partial charge in [0.25, 0.3) is 0 Å². The largest absolute Gasteiger partial charge is 0.493 e. The number of nitrogens with zero attached hydrogens (tertiary/aromatic N) is 2. The molecule has 0 unspecified atom stereocenters. The van der Waals surface area contributed by atoms with E-state index in [4.69, 9.17) is 14.2 Å². The van der Waals surface area contributed by atoms with E-state index in [-0.39, 0.29) is 6.54 Å². The number of pyridine rings is 1. The predicted octanol–water partition coefficient (Wildman–Crippen LogP) is 6.65. The van der Waals surface area contributed by atoms with Crippen LogP contribution in [0.2, 0.25) is 0 Å². The molecule has 0 fully saturated rings. The Bertz CT molecular complexity index is 1400. The molecule has 7 nitrogen and oxygen atoms in total. The first kappa shape index (κ1) is 23.9. The van der Waals surface area contributed by atoms with Crippen LogP contribution < -0.4 is 19.1 Å². The Balaban J connectivity index is 1.70. The minimum atomic E-state index is -1.01. The van der Waals surface area contributed by atoms with E-state index in [1.807, 2.05) is 51.1 Å². The number of carboxylic acid groups (broad SMARTS) is 1. The van der Waals surface area contributed by atoms with Crippen LogP contribution in [0.3, 0.4) is 0 Å². The highest BCUT2D eigenvalue weighted by Gasteiger charge is 2.20. The van der Waals surface area contributed by atoms with Gasteiger partial charge >= 0.3 is 6.09 Å². The number of hydrogen-bond donors (Lipinski definition) is 1. The summed E-state index contributed by atoms with van der Waals surface area (Å²) in [4.78, 5) is 17.9. The van der Waals surface area contributed by atoms with Gasteiger partial charge in [0.15, 0.2) is 11.5 Å². The van der Waals surface area contributed by atoms with Crippen LogP contribution in [0.4, 0.5) is 10.5 Å². The number of benzene rings is 3. The number of anilines is 1. The van der Waals surface area contributed by atoms with E-state index in [0.717, 1.165) is 27.6 Å². The number of hydrogen-bond acceptors (Lipinski definition) is 5. The van der Waals surface area contributed by atoms with E-state index in [0.29, 0.717) is 34.2 Å². The highest BCUT2D eigenvalue weighted by molar-refractivity contribution is 5.89. The van der Waals surface area contributed by atoms with Gasteiger partial charge in [-0.2, -0.15) is 0 Å². The molecule has 0 bridgehead atoms. The maximum Gasteiger partial charge on any atom is 0.412 e. The molecule has 35 heavy (non-hydrogen) atoms. The lowest BCUT2D eigenvalue weighted by Gasteiger charge is -2.24. The molecule has 0 spiro atoms. The van der Waals surface area contributed by atoms with Crippen molar-refractivity contribution in [1.29, 1.82) is 0 Å². The summed E-state index contributed by atoms with van der Waals surface area (Å²) in [6.45, 7) is 6.08. The molecule has 0 aliphatic heterocycles. The predicted molar refractivity (Wildman–Crippen MR) is 136 cm³/mol. The summed E-state index contributed by atoms with van der Waals surface area (Å²) < 4.78 is 17.1. The van der Waals surface area contributed by atoms with E-state index in [1.165, 1.54) is 4.90 Å². The second-order valence-electron chi connectivity index (χ2n) is 8.33. The van der Waals surface area contributed by atoms with Crippen molar-refractivity contribution < 1.29 is 24.1 Å². The average molecular weight is 473 g/mol. The Morgan fingerprint density at radius 1 is 0.886 bits per heavy atom. The number of aromatic nitrogens is 1. The third kappa shape index (κ3) is 4.84. The molecule has 4 rings (SSSR count). The van der Waals surface area contributed by atoms with Crippen LogP contribution in [0.5, 0.6) is 23.0 Å². The standard InChI is InChI=1S/C28H28N2O5/c1-17-7-6-8-20(13-17)16-30(28(31)32)23-9-10-24(19(3)18(23)2)35-25-11-12-29-22-15-27(34-5)26(33-4)14-21(22)25/h6-15H,16H2,1-5H3,(H,31,32). The Hall–Kier alpha value is -4.26. The van der Waals surface area contributed by atoms with Gasteiger partial charge in [-0.1, -0.05) is 29.8 Å². The van der Waals surface area contributed by atoms with Gasteiger partial charge in [-0.05, 0) is 61.7 Å². The normalized spacial score (nSPS) is 10.8. The zero-order chi connectivity index (χ0) is 25.1. The monoisotopic (exact) mass is 472 g/mol. The van der Waals surface area contributed by atoms with Crippen LogP contribution in [0, 0.1) is 20.8 Å². The number of rotatable bonds is 7. The molecule has 1 N–H and O–H groups in total. The molecule has 7 heteroatoms. The number of methoxy groups -OCH3 is 2. The summed E-state index contributed by atoms with van der Waals surface area (Å²) >= 11 is 0. The SMILES string of the molecule is COc1cc2nccc(Oc3ccc(N(Cc4cccc(C)c4)C(=O)O)c(C)c3C)c2cc1OC. The van der Waals surface area contributed by atoms with Gasteiger partial charge in [0, 0.05) is 17.6 Å². The molecule has 0 aliphatic carbocycles. The molecule has 0 saturated heterocycles. The first-order valence-corrected chi connectivity index (χ1v) is 11.2. The zero-order valence-corrected chi connectivity index (χ0v) is 20.5. The fourth-order valence-corrected chi connectivity index (χ4v) is 4.09. The first-order chi connectivity index (χ1) is 16.8. The van der Waals surface area contributed by atoms with Crippen LogP contribution >= 0.6 is 0 Å². The number of fused-ring (bicyclic) bond motifs is 1. The molecule has 0 saturated carbocycles. The topological polar surface area (TPSA) is 81.1 Å². The van der Waals surface area contributed by atoms with Gasteiger partial charge in [0.2, 0.25) is 0 Å². The van der Waals surface area contributed by atoms with Crippen LogP contribution in [0.15, 0.2) is 60.8 Å². The molecule has 0 atom stereocenters. The fraction of sp³-hybridized carbons (Fsp3) is 0.214. The van der Waals surface area contributed by atoms with Crippen molar-refractivity contribution in [1.82, 2.24) is 4.98 Å². The quantitative estimate of drug-likeness (QED) is 0.324. The molecule has 1 aromatic heterocycles. The lowest BCUT2D eigenvalue weighted by atomic mass is 10.0. The fourth-order valence-electron chi connectivity index (χ4n) is 4.09. The zero-order valence-electron chi connectivity index (χ0n) is 20.5. The molecule has 3 aromatic carbocycles. The highest BCUT2D eigenvalue weighted by atomic mass is 16.5. The van der Waals surface area contributed by atoms with E-state index >= 15 is 0 Å². The Morgan fingerprint density at radius 2 is 1.63 bits per heavy atom. The maximum atomic E-state index is 12.2. The lowest BCUT2D eigenvalue weighted by molar-refractivity contribution is 0.201. The van der Waals surface area contributed by atoms with Crippen molar-refractivity contribution in [3.05, 3.63) is 83.0 Å². The molecule has 1 heterocycles. The summed E-state index contributed by atoms with van der Waals surface area (Å²) in [7, 11) is 3.16. The number of carbonyl (C=O) groups is 1. The highest BCUT2D eigenvalue weighted by Crippen LogP contribution is 2.39. The van der Waals surface area contributed by atoms with Gasteiger partial charge < -0.3 is 19.3 Å². The molecule has 1 amide bonds. The lowest BCUT2D eigenvalue weighted by Crippen LogP contribution is -2.29. The molecule has 180 valence electrons. The number of ether oxygens (including phenoxy) is 3. The van der Waals surface area contributed by atoms with Gasteiger partial charge in [0.1, 0.15) is 11.5 Å². The third-order valence-electron chi connectivity index (χ3n) is 6.08. The summed E-state index contributed by atoms with van der Waals surface area (Å²) in [5, 5.41) is 10.7. The minimum Gasteiger partial charge on any atom is -0.493 e. The molecular weight excluding hydrogens is 444 g/mol. The smallest absolute Gasteiger partial charge is 0.412 e. The van der Waals surface area contributed by atoms with Gasteiger partial charge in [0.05, 0.1) is 32.0 Å². The van der Waals surface area contributed by atoms with E-state index in [9.17, 15) is 9.90 Å². The van der Waals surface area contributed by atoms with Crippen molar-refractivity contribution in [2.24, 2.45) is 0 Å². The summed E-state index contributed by atoms with van der Waals surface area (Å²) in [5.41, 5.74) is 5.02. The van der Waals surface area contributed by atoms with Crippen molar-refractivity contribution in [2.45, 2.75) is 27.3 Å². The van der Waals surface area contributed by atoms with Crippen LogP contribution in [-0.2, 0) is 6.54 Å². The number of amides is 1. The summed E-state index contributed by atoms with van der Waals surface area (Å²) in [6, 6.07) is 16.9.